The molecule has 0 spiro atoms. The largest absolute Gasteiger partial charge is 0 e. The Morgan fingerprint density at radius 3 is 0.500 bits per heavy atom. The van der Waals surface area contributed by atoms with Crippen LogP contribution in [0.2, 0.25) is 0 Å². The van der Waals surface area contributed by atoms with Gasteiger partial charge in [0.15, 0.2) is 0 Å². The molecule has 0 aromatic rings. The van der Waals surface area contributed by atoms with E-state index in [0.29, 0.717) is 0 Å². The second kappa shape index (κ2) is 18.3. The van der Waals surface area contributed by atoms with Gasteiger partial charge >= 0.3 is 0 Å². The van der Waals surface area contributed by atoms with Crippen molar-refractivity contribution in [2.75, 3.05) is 0 Å². The first-order valence-corrected chi connectivity index (χ1v) is 0. The predicted octanol–water partition coefficient (Wildman–Crippen LogP) is -0.388. The van der Waals surface area contributed by atoms with Crippen molar-refractivity contribution in [3.05, 3.63) is 0 Å². The van der Waals surface area contributed by atoms with Gasteiger partial charge in [-0.1, -0.05) is 0 Å². The molecule has 4 radical (unpaired) electrons. The van der Waals surface area contributed by atoms with E-state index in [0.717, 1.165) is 0 Å². The Morgan fingerprint density at radius 2 is 0.500 bits per heavy atom. The Hall–Kier alpha value is 2.36. The molecule has 0 unspecified atom stereocenters. The Kier molecular flexibility index (Phi) is 150. The van der Waals surface area contributed by atoms with Crippen LogP contribution >= 0.6 is 0 Å². The maximum absolute atomic E-state index is 0. The smallest absolute Gasteiger partial charge is 0 e. The van der Waals surface area contributed by atoms with Crippen LogP contribution in [0.5, 0.6) is 0 Å². The van der Waals surface area contributed by atoms with Gasteiger partial charge in [0, 0.05) is 75.1 Å². The van der Waals surface area contributed by atoms with Crippen LogP contribution in [0, 0.1) is 0 Å². The van der Waals surface area contributed by atoms with Gasteiger partial charge < -0.3 is 0 Å². The summed E-state index contributed by atoms with van der Waals surface area (Å²) in [5, 5.41) is 0. The molecule has 0 atom stereocenters. The first-order chi connectivity index (χ1) is 0. The molecule has 0 heterocycles. The van der Waals surface area contributed by atoms with Crippen LogP contribution in [-0.4, -0.2) is 23.9 Å². The minimum atomic E-state index is 0. The van der Waals surface area contributed by atoms with Gasteiger partial charge in [-0.15, -0.1) is 0 Å². The van der Waals surface area contributed by atoms with Crippen molar-refractivity contribution in [2.24, 2.45) is 0 Å². The second-order valence-electron chi connectivity index (χ2n) is 0. The summed E-state index contributed by atoms with van der Waals surface area (Å²) in [5.74, 6) is 0. The minimum Gasteiger partial charge on any atom is 0 e. The summed E-state index contributed by atoms with van der Waals surface area (Å²) in [6.07, 6.45) is 0. The summed E-state index contributed by atoms with van der Waals surface area (Å²) < 4.78 is 0. The quantitative estimate of drug-likeness (QED) is 0.532. The van der Waals surface area contributed by atoms with Crippen molar-refractivity contribution in [1.82, 2.24) is 0 Å². The SMILES string of the molecule is [Fe].[Fe].[Fe].[Sn]. The van der Waals surface area contributed by atoms with Crippen LogP contribution in [-0.2, 0) is 51.2 Å². The van der Waals surface area contributed by atoms with Gasteiger partial charge in [0.2, 0.25) is 0 Å². The molecule has 0 aliphatic carbocycles. The molecule has 0 saturated carbocycles. The zero-order valence-corrected chi connectivity index (χ0v) is 7.73. The Bertz CT molecular complexity index is 3.25. The van der Waals surface area contributed by atoms with Crippen LogP contribution < -0.4 is 0 Å². The van der Waals surface area contributed by atoms with E-state index in [1.165, 1.54) is 0 Å². The minimum absolute atomic E-state index is 0. The predicted molar refractivity (Wildman–Crippen MR) is 5.75 cm³/mol. The van der Waals surface area contributed by atoms with E-state index in [1.807, 2.05) is 0 Å². The average molecular weight is 286 g/mol. The molecule has 0 saturated heterocycles. The van der Waals surface area contributed by atoms with E-state index in [-0.39, 0.29) is 75.1 Å². The summed E-state index contributed by atoms with van der Waals surface area (Å²) in [4.78, 5) is 0. The van der Waals surface area contributed by atoms with Crippen LogP contribution in [0.1, 0.15) is 0 Å². The van der Waals surface area contributed by atoms with Gasteiger partial charge in [-0.3, -0.25) is 0 Å². The number of rotatable bonds is 0. The molecular formula is Fe3Sn. The standard InChI is InChI=1S/3Fe.Sn. The van der Waals surface area contributed by atoms with Crippen molar-refractivity contribution in [3.63, 3.8) is 0 Å². The van der Waals surface area contributed by atoms with Crippen LogP contribution in [0.3, 0.4) is 0 Å². The van der Waals surface area contributed by atoms with Gasteiger partial charge in [-0.25, -0.2) is 0 Å². The van der Waals surface area contributed by atoms with E-state index < -0.39 is 0 Å². The fourth-order valence-corrected chi connectivity index (χ4v) is 0. The average Bonchev–Trinajstić information content (AvgIpc) is 0. The molecule has 0 bridgehead atoms. The second-order valence-corrected chi connectivity index (χ2v) is 0. The zero-order chi connectivity index (χ0) is 0. The first kappa shape index (κ1) is 32.8. The Balaban J connectivity index is 0. The molecule has 0 N–H and O–H groups in total. The molecule has 0 rings (SSSR count). The molecule has 0 fully saturated rings. The van der Waals surface area contributed by atoms with E-state index in [2.05, 4.69) is 0 Å². The third-order valence-electron chi connectivity index (χ3n) is 0. The van der Waals surface area contributed by atoms with Crippen LogP contribution in [0.15, 0.2) is 0 Å². The fraction of sp³-hybridized carbons (Fsp3) is 0. The Morgan fingerprint density at radius 1 is 0.500 bits per heavy atom. The van der Waals surface area contributed by atoms with Gasteiger partial charge in [0.25, 0.3) is 0 Å². The molecule has 28 valence electrons. The van der Waals surface area contributed by atoms with Crippen molar-refractivity contribution in [1.29, 1.82) is 0 Å². The van der Waals surface area contributed by atoms with E-state index >= 15 is 0 Å². The molecule has 0 aromatic carbocycles. The molecule has 0 aliphatic heterocycles. The van der Waals surface area contributed by atoms with E-state index in [4.69, 9.17) is 0 Å². The third kappa shape index (κ3) is 8.84. The van der Waals surface area contributed by atoms with Crippen molar-refractivity contribution in [2.45, 2.75) is 0 Å². The summed E-state index contributed by atoms with van der Waals surface area (Å²) in [6, 6.07) is 0. The molecule has 4 heteroatoms. The number of hydrogen-bond acceptors (Lipinski definition) is 0. The van der Waals surface area contributed by atoms with Gasteiger partial charge in [0.1, 0.15) is 0 Å². The maximum atomic E-state index is 0. The summed E-state index contributed by atoms with van der Waals surface area (Å²) in [6.45, 7) is 0. The molecule has 0 aromatic heterocycles. The molecule has 0 nitrogen and oxygen atoms in total. The van der Waals surface area contributed by atoms with Crippen molar-refractivity contribution < 1.29 is 51.2 Å². The summed E-state index contributed by atoms with van der Waals surface area (Å²) >= 11 is 0. The van der Waals surface area contributed by atoms with Crippen molar-refractivity contribution in [3.8, 4) is 0 Å². The van der Waals surface area contributed by atoms with Gasteiger partial charge in [-0.05, 0) is 0 Å². The topological polar surface area (TPSA) is 0 Å². The molecule has 4 heavy (non-hydrogen) atoms. The monoisotopic (exact) mass is 288 g/mol. The molecule has 0 aliphatic rings. The third-order valence-corrected chi connectivity index (χ3v) is 0. The van der Waals surface area contributed by atoms with Gasteiger partial charge in [-0.2, -0.15) is 0 Å². The van der Waals surface area contributed by atoms with Crippen LogP contribution in [0.4, 0.5) is 0 Å². The van der Waals surface area contributed by atoms with Gasteiger partial charge in [0.05, 0.1) is 0 Å². The molecule has 0 amide bonds. The van der Waals surface area contributed by atoms with E-state index in [9.17, 15) is 0 Å². The maximum Gasteiger partial charge on any atom is 0 e. The van der Waals surface area contributed by atoms with Crippen LogP contribution in [0.25, 0.3) is 0 Å². The molecular weight excluding hydrogens is 286 g/mol. The summed E-state index contributed by atoms with van der Waals surface area (Å²) in [5.41, 5.74) is 0. The first-order valence-electron chi connectivity index (χ1n) is 0. The number of hydrogen-bond donors (Lipinski definition) is 0. The van der Waals surface area contributed by atoms with E-state index in [1.54, 1.807) is 0 Å². The Labute approximate surface area is 74.2 Å². The zero-order valence-electron chi connectivity index (χ0n) is 1.56. The van der Waals surface area contributed by atoms with Crippen molar-refractivity contribution >= 4 is 23.9 Å². The summed E-state index contributed by atoms with van der Waals surface area (Å²) in [7, 11) is 0. The fourth-order valence-electron chi connectivity index (χ4n) is 0. The normalized spacial score (nSPS) is 0.